The van der Waals surface area contributed by atoms with Crippen LogP contribution in [0.2, 0.25) is 0 Å². The predicted octanol–water partition coefficient (Wildman–Crippen LogP) is 13.5. The average molecular weight is 733 g/mol. The molecule has 3 nitrogen and oxygen atoms in total. The third kappa shape index (κ3) is 5.41. The van der Waals surface area contributed by atoms with Gasteiger partial charge in [-0.1, -0.05) is 159 Å². The van der Waals surface area contributed by atoms with Gasteiger partial charge in [0.2, 0.25) is 0 Å². The molecule has 2 unspecified atom stereocenters. The van der Waals surface area contributed by atoms with Gasteiger partial charge in [0.05, 0.1) is 16.8 Å². The lowest BCUT2D eigenvalue weighted by atomic mass is 9.66. The van der Waals surface area contributed by atoms with Gasteiger partial charge in [-0.25, -0.2) is 9.97 Å². The standard InChI is InChI=1S/C54H40N2O/c1-35-27-28-39(32-44(35)37-17-6-3-7-18-37)49-34-50(56-53(55-49)41-20-14-19-38(31-41)36-15-4-2-5-16-36)40-29-30-52-48(33-40)54(47-25-12-13-26-51(47)57-52)45-23-10-8-21-42(45)43-22-9-11-24-46(43)54/h2-26,29-35,44H,27-28H2,1H3. The SMILES string of the molecule is CC1CCC(c2cc(-c3ccc4c(c3)C3(c5ccccc5O4)c4ccccc4-c4ccccc43)nc(-c3cccc(-c4ccccc4)c3)n2)=CC1c1ccccc1. The molecule has 11 rings (SSSR count). The largest absolute Gasteiger partial charge is 0.457 e. The maximum atomic E-state index is 6.77. The molecule has 0 N–H and O–H groups in total. The lowest BCUT2D eigenvalue weighted by Gasteiger charge is -2.39. The monoisotopic (exact) mass is 732 g/mol. The summed E-state index contributed by atoms with van der Waals surface area (Å²) in [6, 6.07) is 65.3. The highest BCUT2D eigenvalue weighted by Gasteiger charge is 2.51. The Hall–Kier alpha value is -6.84. The molecule has 57 heavy (non-hydrogen) atoms. The van der Waals surface area contributed by atoms with Crippen molar-refractivity contribution in [2.75, 3.05) is 0 Å². The van der Waals surface area contributed by atoms with Crippen LogP contribution in [0, 0.1) is 5.92 Å². The Kier molecular flexibility index (Phi) is 7.89. The first kappa shape index (κ1) is 33.5. The van der Waals surface area contributed by atoms with Gasteiger partial charge in [0.1, 0.15) is 11.5 Å². The molecule has 2 heterocycles. The fraction of sp³-hybridized carbons (Fsp3) is 0.111. The van der Waals surface area contributed by atoms with Crippen LogP contribution in [-0.4, -0.2) is 9.97 Å². The molecule has 272 valence electrons. The molecule has 0 radical (unpaired) electrons. The van der Waals surface area contributed by atoms with Gasteiger partial charge in [0.15, 0.2) is 5.82 Å². The van der Waals surface area contributed by atoms with E-state index in [-0.39, 0.29) is 0 Å². The van der Waals surface area contributed by atoms with E-state index in [0.29, 0.717) is 11.8 Å². The van der Waals surface area contributed by atoms with Crippen molar-refractivity contribution in [3.63, 3.8) is 0 Å². The summed E-state index contributed by atoms with van der Waals surface area (Å²) in [5.41, 5.74) is 15.6. The lowest BCUT2D eigenvalue weighted by Crippen LogP contribution is -2.32. The van der Waals surface area contributed by atoms with Crippen LogP contribution in [0.4, 0.5) is 0 Å². The number of nitrogens with zero attached hydrogens (tertiary/aromatic N) is 2. The van der Waals surface area contributed by atoms with Gasteiger partial charge in [-0.15, -0.1) is 0 Å². The molecule has 7 aromatic carbocycles. The molecule has 0 fully saturated rings. The van der Waals surface area contributed by atoms with Crippen LogP contribution in [0.1, 0.15) is 59.2 Å². The van der Waals surface area contributed by atoms with Crippen molar-refractivity contribution in [2.45, 2.75) is 31.1 Å². The van der Waals surface area contributed by atoms with Gasteiger partial charge in [0, 0.05) is 28.2 Å². The number of hydrogen-bond acceptors (Lipinski definition) is 3. The van der Waals surface area contributed by atoms with Crippen molar-refractivity contribution in [3.8, 4) is 56.4 Å². The highest BCUT2D eigenvalue weighted by Crippen LogP contribution is 2.62. The Balaban J connectivity index is 1.13. The maximum Gasteiger partial charge on any atom is 0.160 e. The number of para-hydroxylation sites is 1. The molecule has 8 aromatic rings. The van der Waals surface area contributed by atoms with Gasteiger partial charge in [0.25, 0.3) is 0 Å². The number of ether oxygens (including phenoxy) is 1. The molecule has 1 aliphatic heterocycles. The zero-order valence-electron chi connectivity index (χ0n) is 31.8. The molecular weight excluding hydrogens is 693 g/mol. The molecule has 0 saturated carbocycles. The lowest BCUT2D eigenvalue weighted by molar-refractivity contribution is 0.436. The van der Waals surface area contributed by atoms with Gasteiger partial charge < -0.3 is 4.74 Å². The number of allylic oxidation sites excluding steroid dienone is 2. The fourth-order valence-electron chi connectivity index (χ4n) is 9.71. The molecule has 1 spiro atoms. The van der Waals surface area contributed by atoms with E-state index in [1.807, 2.05) is 0 Å². The van der Waals surface area contributed by atoms with Crippen LogP contribution in [-0.2, 0) is 5.41 Å². The first-order valence-corrected chi connectivity index (χ1v) is 20.1. The Labute approximate surface area is 334 Å². The van der Waals surface area contributed by atoms with E-state index < -0.39 is 5.41 Å². The number of hydrogen-bond donors (Lipinski definition) is 0. The second-order valence-corrected chi connectivity index (χ2v) is 15.7. The van der Waals surface area contributed by atoms with E-state index >= 15 is 0 Å². The van der Waals surface area contributed by atoms with E-state index in [4.69, 9.17) is 14.7 Å². The van der Waals surface area contributed by atoms with Crippen LogP contribution >= 0.6 is 0 Å². The number of benzene rings is 7. The van der Waals surface area contributed by atoms with Crippen LogP contribution in [0.3, 0.4) is 0 Å². The molecule has 2 aliphatic carbocycles. The second kappa shape index (κ2) is 13.4. The quantitative estimate of drug-likeness (QED) is 0.177. The first-order chi connectivity index (χ1) is 28.1. The average Bonchev–Trinajstić information content (AvgIpc) is 3.57. The fourth-order valence-corrected chi connectivity index (χ4v) is 9.71. The van der Waals surface area contributed by atoms with E-state index in [1.165, 1.54) is 39.0 Å². The minimum absolute atomic E-state index is 0.321. The molecule has 3 heteroatoms. The first-order valence-electron chi connectivity index (χ1n) is 20.1. The van der Waals surface area contributed by atoms with Gasteiger partial charge in [-0.2, -0.15) is 0 Å². The van der Waals surface area contributed by atoms with Crippen LogP contribution in [0.5, 0.6) is 11.5 Å². The Morgan fingerprint density at radius 1 is 0.491 bits per heavy atom. The van der Waals surface area contributed by atoms with E-state index in [1.54, 1.807) is 0 Å². The van der Waals surface area contributed by atoms with Crippen molar-refractivity contribution in [1.82, 2.24) is 9.97 Å². The highest BCUT2D eigenvalue weighted by molar-refractivity contribution is 5.89. The topological polar surface area (TPSA) is 35.0 Å². The Morgan fingerprint density at radius 2 is 1.11 bits per heavy atom. The summed E-state index contributed by atoms with van der Waals surface area (Å²) in [4.78, 5) is 10.8. The predicted molar refractivity (Wildman–Crippen MR) is 231 cm³/mol. The van der Waals surface area contributed by atoms with Gasteiger partial charge in [-0.05, 0) is 99.7 Å². The smallest absolute Gasteiger partial charge is 0.160 e. The third-order valence-corrected chi connectivity index (χ3v) is 12.5. The Morgan fingerprint density at radius 3 is 1.88 bits per heavy atom. The van der Waals surface area contributed by atoms with Crippen molar-refractivity contribution in [3.05, 3.63) is 222 Å². The summed E-state index contributed by atoms with van der Waals surface area (Å²) in [6.07, 6.45) is 4.54. The number of rotatable bonds is 5. The number of aromatic nitrogens is 2. The molecule has 1 aromatic heterocycles. The van der Waals surface area contributed by atoms with Crippen molar-refractivity contribution in [2.24, 2.45) is 5.92 Å². The molecule has 3 aliphatic rings. The summed E-state index contributed by atoms with van der Waals surface area (Å²) >= 11 is 0. The summed E-state index contributed by atoms with van der Waals surface area (Å²) in [7, 11) is 0. The van der Waals surface area contributed by atoms with Crippen molar-refractivity contribution < 1.29 is 4.74 Å². The van der Waals surface area contributed by atoms with E-state index in [2.05, 4.69) is 195 Å². The Bertz CT molecular complexity index is 2810. The van der Waals surface area contributed by atoms with Crippen LogP contribution in [0.25, 0.3) is 50.5 Å². The van der Waals surface area contributed by atoms with E-state index in [9.17, 15) is 0 Å². The highest BCUT2D eigenvalue weighted by atomic mass is 16.5. The van der Waals surface area contributed by atoms with Crippen LogP contribution < -0.4 is 4.74 Å². The molecule has 0 bridgehead atoms. The third-order valence-electron chi connectivity index (χ3n) is 12.5. The minimum Gasteiger partial charge on any atom is -0.457 e. The molecular formula is C54H40N2O. The normalized spacial score (nSPS) is 17.1. The second-order valence-electron chi connectivity index (χ2n) is 15.7. The maximum absolute atomic E-state index is 6.77. The molecule has 0 amide bonds. The van der Waals surface area contributed by atoms with Crippen molar-refractivity contribution >= 4 is 5.57 Å². The zero-order valence-corrected chi connectivity index (χ0v) is 31.8. The summed E-state index contributed by atoms with van der Waals surface area (Å²) in [5, 5.41) is 0. The van der Waals surface area contributed by atoms with Gasteiger partial charge in [-0.3, -0.25) is 0 Å². The van der Waals surface area contributed by atoms with Gasteiger partial charge >= 0.3 is 0 Å². The molecule has 2 atom stereocenters. The zero-order chi connectivity index (χ0) is 37.9. The summed E-state index contributed by atoms with van der Waals surface area (Å²) < 4.78 is 6.77. The summed E-state index contributed by atoms with van der Waals surface area (Å²) in [5.74, 6) is 3.34. The van der Waals surface area contributed by atoms with Crippen molar-refractivity contribution in [1.29, 1.82) is 0 Å². The van der Waals surface area contributed by atoms with E-state index in [0.717, 1.165) is 69.4 Å². The molecule has 0 saturated heterocycles. The summed E-state index contributed by atoms with van der Waals surface area (Å²) in [6.45, 7) is 2.37. The number of fused-ring (bicyclic) bond motifs is 9. The van der Waals surface area contributed by atoms with Crippen LogP contribution in [0.15, 0.2) is 188 Å². The minimum atomic E-state index is -0.555.